The largest absolute Gasteiger partial charge is 0.377 e. The second kappa shape index (κ2) is 12.5. The summed E-state index contributed by atoms with van der Waals surface area (Å²) in [6.45, 7) is 8.63. The van der Waals surface area contributed by atoms with Crippen LogP contribution in [-0.4, -0.2) is 37.4 Å². The molecule has 6 heteroatoms. The Kier molecular flexibility index (Phi) is 9.48. The van der Waals surface area contributed by atoms with Crippen molar-refractivity contribution in [2.45, 2.75) is 46.9 Å². The number of amides is 2. The van der Waals surface area contributed by atoms with Gasteiger partial charge in [-0.3, -0.25) is 9.59 Å². The lowest BCUT2D eigenvalue weighted by Gasteiger charge is -2.35. The van der Waals surface area contributed by atoms with Gasteiger partial charge in [0.1, 0.15) is 6.61 Å². The van der Waals surface area contributed by atoms with Crippen LogP contribution in [0.15, 0.2) is 78.9 Å². The van der Waals surface area contributed by atoms with Crippen molar-refractivity contribution in [3.63, 3.8) is 0 Å². The van der Waals surface area contributed by atoms with Gasteiger partial charge in [0.15, 0.2) is 0 Å². The number of hydrogen-bond donors (Lipinski definition) is 1. The van der Waals surface area contributed by atoms with Crippen LogP contribution in [0.25, 0.3) is 0 Å². The summed E-state index contributed by atoms with van der Waals surface area (Å²) in [4.78, 5) is 30.1. The molecule has 2 amide bonds. The molecule has 0 saturated carbocycles. The SMILES string of the molecule is C[C@@H](c1ccccc1)N(Cc1cc(NC(=O)COCc2ccccc2)ccc1N(C)C)C(=O)C(C)(C)C. The van der Waals surface area contributed by atoms with Crippen molar-refractivity contribution in [2.24, 2.45) is 5.41 Å². The van der Waals surface area contributed by atoms with Gasteiger partial charge >= 0.3 is 0 Å². The molecule has 0 aromatic heterocycles. The fourth-order valence-corrected chi connectivity index (χ4v) is 4.17. The van der Waals surface area contributed by atoms with Gasteiger partial charge in [0.25, 0.3) is 0 Å². The maximum atomic E-state index is 13.6. The van der Waals surface area contributed by atoms with Crippen molar-refractivity contribution in [1.82, 2.24) is 4.90 Å². The highest BCUT2D eigenvalue weighted by atomic mass is 16.5. The molecule has 0 aliphatic carbocycles. The quantitative estimate of drug-likeness (QED) is 0.368. The molecule has 0 radical (unpaired) electrons. The van der Waals surface area contributed by atoms with Crippen molar-refractivity contribution < 1.29 is 14.3 Å². The van der Waals surface area contributed by atoms with Crippen LogP contribution in [0.2, 0.25) is 0 Å². The van der Waals surface area contributed by atoms with E-state index in [2.05, 4.69) is 12.2 Å². The van der Waals surface area contributed by atoms with Crippen molar-refractivity contribution >= 4 is 23.2 Å². The highest BCUT2D eigenvalue weighted by Crippen LogP contribution is 2.32. The molecule has 3 rings (SSSR count). The first kappa shape index (κ1) is 27.9. The number of anilines is 2. The summed E-state index contributed by atoms with van der Waals surface area (Å²) in [6.07, 6.45) is 0. The number of carbonyl (C=O) groups is 2. The molecule has 0 fully saturated rings. The average molecular weight is 502 g/mol. The van der Waals surface area contributed by atoms with Gasteiger partial charge in [0, 0.05) is 37.4 Å². The third kappa shape index (κ3) is 7.92. The summed E-state index contributed by atoms with van der Waals surface area (Å²) in [6, 6.07) is 25.5. The first-order valence-corrected chi connectivity index (χ1v) is 12.6. The molecule has 1 atom stereocenters. The first-order valence-electron chi connectivity index (χ1n) is 12.6. The monoisotopic (exact) mass is 501 g/mol. The lowest BCUT2D eigenvalue weighted by atomic mass is 9.92. The Morgan fingerprint density at radius 3 is 2.14 bits per heavy atom. The number of ether oxygens (including phenoxy) is 1. The first-order chi connectivity index (χ1) is 17.6. The zero-order valence-electron chi connectivity index (χ0n) is 22.8. The molecule has 0 spiro atoms. The topological polar surface area (TPSA) is 61.9 Å². The average Bonchev–Trinajstić information content (AvgIpc) is 2.87. The number of hydrogen-bond acceptors (Lipinski definition) is 4. The Morgan fingerprint density at radius 1 is 0.919 bits per heavy atom. The van der Waals surface area contributed by atoms with Crippen molar-refractivity contribution in [2.75, 3.05) is 30.9 Å². The molecular formula is C31H39N3O3. The van der Waals surface area contributed by atoms with Gasteiger partial charge in [-0.1, -0.05) is 81.4 Å². The standard InChI is InChI=1S/C31H39N3O3/c1-23(25-15-11-8-12-16-25)34(30(36)31(2,3)4)20-26-19-27(17-18-28(26)33(5)6)32-29(35)22-37-21-24-13-9-7-10-14-24/h7-19,23H,20-22H2,1-6H3,(H,32,35)/t23-/m0/s1. The van der Waals surface area contributed by atoms with Crippen LogP contribution in [0, 0.1) is 5.41 Å². The van der Waals surface area contributed by atoms with Gasteiger partial charge in [-0.05, 0) is 41.8 Å². The maximum Gasteiger partial charge on any atom is 0.250 e. The third-order valence-corrected chi connectivity index (χ3v) is 6.18. The zero-order valence-corrected chi connectivity index (χ0v) is 22.8. The fraction of sp³-hybridized carbons (Fsp3) is 0.355. The van der Waals surface area contributed by atoms with Crippen molar-refractivity contribution in [3.8, 4) is 0 Å². The van der Waals surface area contributed by atoms with E-state index in [0.29, 0.717) is 18.8 Å². The van der Waals surface area contributed by atoms with Crippen LogP contribution >= 0.6 is 0 Å². The second-order valence-corrected chi connectivity index (χ2v) is 10.5. The molecule has 3 aromatic rings. The van der Waals surface area contributed by atoms with Crippen LogP contribution in [0.4, 0.5) is 11.4 Å². The van der Waals surface area contributed by atoms with E-state index in [1.807, 2.05) is 124 Å². The number of carbonyl (C=O) groups excluding carboxylic acids is 2. The minimum absolute atomic E-state index is 0.0423. The van der Waals surface area contributed by atoms with Crippen molar-refractivity contribution in [3.05, 3.63) is 95.6 Å². The van der Waals surface area contributed by atoms with Crippen LogP contribution in [0.1, 0.15) is 50.4 Å². The predicted octanol–water partition coefficient (Wildman–Crippen LogP) is 6.04. The van der Waals surface area contributed by atoms with E-state index in [1.54, 1.807) is 0 Å². The minimum atomic E-state index is -0.538. The Hall–Kier alpha value is -3.64. The fourth-order valence-electron chi connectivity index (χ4n) is 4.17. The predicted molar refractivity (Wildman–Crippen MR) is 150 cm³/mol. The van der Waals surface area contributed by atoms with E-state index >= 15 is 0 Å². The van der Waals surface area contributed by atoms with Crippen molar-refractivity contribution in [1.29, 1.82) is 0 Å². The zero-order chi connectivity index (χ0) is 27.0. The number of nitrogens with one attached hydrogen (secondary N) is 1. The van der Waals surface area contributed by atoms with E-state index in [-0.39, 0.29) is 24.5 Å². The molecule has 196 valence electrons. The summed E-state index contributed by atoms with van der Waals surface area (Å²) >= 11 is 0. The summed E-state index contributed by atoms with van der Waals surface area (Å²) in [7, 11) is 3.95. The Morgan fingerprint density at radius 2 is 1.54 bits per heavy atom. The number of benzene rings is 3. The van der Waals surface area contributed by atoms with Gasteiger partial charge in [-0.2, -0.15) is 0 Å². The van der Waals surface area contributed by atoms with Crippen LogP contribution in [0.3, 0.4) is 0 Å². The summed E-state index contributed by atoms with van der Waals surface area (Å²) in [5.74, 6) is -0.155. The van der Waals surface area contributed by atoms with E-state index < -0.39 is 5.41 Å². The van der Waals surface area contributed by atoms with Gasteiger partial charge in [-0.25, -0.2) is 0 Å². The smallest absolute Gasteiger partial charge is 0.250 e. The molecule has 0 bridgehead atoms. The Bertz CT molecular complexity index is 1170. The van der Waals surface area contributed by atoms with E-state index in [9.17, 15) is 9.59 Å². The molecular weight excluding hydrogens is 462 g/mol. The highest BCUT2D eigenvalue weighted by molar-refractivity contribution is 5.92. The maximum absolute atomic E-state index is 13.6. The van der Waals surface area contributed by atoms with Crippen LogP contribution in [0.5, 0.6) is 0 Å². The lowest BCUT2D eigenvalue weighted by molar-refractivity contribution is -0.142. The second-order valence-electron chi connectivity index (χ2n) is 10.5. The minimum Gasteiger partial charge on any atom is -0.377 e. The highest BCUT2D eigenvalue weighted by Gasteiger charge is 2.31. The summed E-state index contributed by atoms with van der Waals surface area (Å²) < 4.78 is 5.59. The number of rotatable bonds is 10. The summed E-state index contributed by atoms with van der Waals surface area (Å²) in [5, 5.41) is 2.94. The molecule has 0 saturated heterocycles. The van der Waals surface area contributed by atoms with E-state index in [0.717, 1.165) is 22.4 Å². The van der Waals surface area contributed by atoms with Gasteiger partial charge in [0.2, 0.25) is 11.8 Å². The molecule has 0 heterocycles. The molecule has 0 unspecified atom stereocenters. The van der Waals surface area contributed by atoms with Crippen LogP contribution < -0.4 is 10.2 Å². The summed E-state index contributed by atoms with van der Waals surface area (Å²) in [5.41, 5.74) is 4.17. The molecule has 37 heavy (non-hydrogen) atoms. The Balaban J connectivity index is 1.80. The molecule has 6 nitrogen and oxygen atoms in total. The lowest BCUT2D eigenvalue weighted by Crippen LogP contribution is -2.40. The van der Waals surface area contributed by atoms with E-state index in [4.69, 9.17) is 4.74 Å². The van der Waals surface area contributed by atoms with E-state index in [1.165, 1.54) is 0 Å². The molecule has 0 aliphatic rings. The van der Waals surface area contributed by atoms with Crippen LogP contribution in [-0.2, 0) is 27.5 Å². The molecule has 3 aromatic carbocycles. The third-order valence-electron chi connectivity index (χ3n) is 6.18. The van der Waals surface area contributed by atoms with Gasteiger partial charge in [0.05, 0.1) is 12.6 Å². The molecule has 1 N–H and O–H groups in total. The number of nitrogens with zero attached hydrogens (tertiary/aromatic N) is 2. The molecule has 0 aliphatic heterocycles. The normalized spacial score (nSPS) is 12.1. The van der Waals surface area contributed by atoms with Gasteiger partial charge in [-0.15, -0.1) is 0 Å². The Labute approximate surface area is 221 Å². The van der Waals surface area contributed by atoms with Gasteiger partial charge < -0.3 is 19.9 Å².